The van der Waals surface area contributed by atoms with Crippen LogP contribution in [0.15, 0.2) is 23.1 Å². The van der Waals surface area contributed by atoms with Crippen LogP contribution in [0.25, 0.3) is 0 Å². The summed E-state index contributed by atoms with van der Waals surface area (Å²) >= 11 is 0. The molecule has 1 unspecified atom stereocenters. The molecule has 1 aromatic carbocycles. The van der Waals surface area contributed by atoms with Crippen LogP contribution in [-0.2, 0) is 10.8 Å². The Bertz CT molecular complexity index is 436. The van der Waals surface area contributed by atoms with Crippen molar-refractivity contribution in [3.05, 3.63) is 23.8 Å². The highest BCUT2D eigenvalue weighted by Gasteiger charge is 2.26. The molecule has 0 spiro atoms. The van der Waals surface area contributed by atoms with E-state index in [0.29, 0.717) is 10.9 Å². The van der Waals surface area contributed by atoms with Gasteiger partial charge in [-0.05, 0) is 56.2 Å². The van der Waals surface area contributed by atoms with Crippen molar-refractivity contribution in [1.82, 2.24) is 0 Å². The van der Waals surface area contributed by atoms with Crippen LogP contribution in [0, 0.1) is 12.8 Å². The Morgan fingerprint density at radius 2 is 1.94 bits per heavy atom. The van der Waals surface area contributed by atoms with E-state index in [2.05, 4.69) is 6.92 Å². The SMILES string of the molecule is CCC1CCC(S(=O)c2cc(C)ccc2N)CC1. The zero-order valence-electron chi connectivity index (χ0n) is 11.3. The molecule has 0 saturated heterocycles. The van der Waals surface area contributed by atoms with Gasteiger partial charge in [-0.15, -0.1) is 0 Å². The molecule has 2 rings (SSSR count). The Hall–Kier alpha value is -0.830. The zero-order chi connectivity index (χ0) is 13.1. The molecular weight excluding hydrogens is 242 g/mol. The predicted molar refractivity (Wildman–Crippen MR) is 78.0 cm³/mol. The fourth-order valence-electron chi connectivity index (χ4n) is 2.75. The summed E-state index contributed by atoms with van der Waals surface area (Å²) in [6.45, 7) is 4.27. The average molecular weight is 265 g/mol. The lowest BCUT2D eigenvalue weighted by molar-refractivity contribution is 0.353. The van der Waals surface area contributed by atoms with E-state index in [1.54, 1.807) is 0 Å². The third kappa shape index (κ3) is 2.94. The molecule has 1 saturated carbocycles. The minimum atomic E-state index is -0.934. The molecule has 1 atom stereocenters. The maximum atomic E-state index is 12.6. The number of nitrogens with two attached hydrogens (primary N) is 1. The maximum absolute atomic E-state index is 12.6. The number of hydrogen-bond acceptors (Lipinski definition) is 2. The minimum absolute atomic E-state index is 0.303. The summed E-state index contributed by atoms with van der Waals surface area (Å²) in [4.78, 5) is 0.843. The highest BCUT2D eigenvalue weighted by Crippen LogP contribution is 2.32. The van der Waals surface area contributed by atoms with Crippen molar-refractivity contribution in [2.45, 2.75) is 56.1 Å². The van der Waals surface area contributed by atoms with Gasteiger partial charge in [0.25, 0.3) is 0 Å². The summed E-state index contributed by atoms with van der Waals surface area (Å²) in [6.07, 6.45) is 5.86. The van der Waals surface area contributed by atoms with E-state index in [-0.39, 0.29) is 0 Å². The second-order valence-corrected chi connectivity index (χ2v) is 7.09. The Morgan fingerprint density at radius 1 is 1.28 bits per heavy atom. The summed E-state index contributed by atoms with van der Waals surface area (Å²) < 4.78 is 12.6. The topological polar surface area (TPSA) is 43.1 Å². The van der Waals surface area contributed by atoms with Gasteiger partial charge in [0.1, 0.15) is 0 Å². The number of hydrogen-bond donors (Lipinski definition) is 1. The van der Waals surface area contributed by atoms with Crippen LogP contribution in [0.4, 0.5) is 5.69 Å². The van der Waals surface area contributed by atoms with E-state index in [9.17, 15) is 4.21 Å². The molecule has 0 heterocycles. The molecule has 100 valence electrons. The normalized spacial score (nSPS) is 25.9. The summed E-state index contributed by atoms with van der Waals surface area (Å²) in [5, 5.41) is 0.303. The number of rotatable bonds is 3. The van der Waals surface area contributed by atoms with Crippen molar-refractivity contribution in [2.24, 2.45) is 5.92 Å². The van der Waals surface area contributed by atoms with Crippen LogP contribution in [0.2, 0.25) is 0 Å². The molecule has 0 aromatic heterocycles. The molecule has 2 nitrogen and oxygen atoms in total. The van der Waals surface area contributed by atoms with Crippen LogP contribution < -0.4 is 5.73 Å². The molecule has 1 fully saturated rings. The fraction of sp³-hybridized carbons (Fsp3) is 0.600. The minimum Gasteiger partial charge on any atom is -0.398 e. The molecule has 1 aliphatic carbocycles. The molecule has 0 bridgehead atoms. The third-order valence-electron chi connectivity index (χ3n) is 4.06. The highest BCUT2D eigenvalue weighted by molar-refractivity contribution is 7.85. The summed E-state index contributed by atoms with van der Waals surface area (Å²) in [7, 11) is -0.934. The van der Waals surface area contributed by atoms with Gasteiger partial charge in [0.15, 0.2) is 0 Å². The van der Waals surface area contributed by atoms with Crippen molar-refractivity contribution in [2.75, 3.05) is 5.73 Å². The van der Waals surface area contributed by atoms with E-state index < -0.39 is 10.8 Å². The first kappa shape index (κ1) is 13.6. The molecule has 1 aromatic rings. The maximum Gasteiger partial charge on any atom is 0.0622 e. The quantitative estimate of drug-likeness (QED) is 0.848. The van der Waals surface area contributed by atoms with Crippen LogP contribution in [0.5, 0.6) is 0 Å². The summed E-state index contributed by atoms with van der Waals surface area (Å²) in [5.74, 6) is 0.841. The van der Waals surface area contributed by atoms with Crippen molar-refractivity contribution < 1.29 is 4.21 Å². The van der Waals surface area contributed by atoms with E-state index in [1.807, 2.05) is 25.1 Å². The monoisotopic (exact) mass is 265 g/mol. The van der Waals surface area contributed by atoms with Crippen LogP contribution >= 0.6 is 0 Å². The molecule has 0 aliphatic heterocycles. The van der Waals surface area contributed by atoms with E-state index >= 15 is 0 Å². The average Bonchev–Trinajstić information content (AvgIpc) is 2.41. The van der Waals surface area contributed by atoms with Crippen molar-refractivity contribution in [3.63, 3.8) is 0 Å². The van der Waals surface area contributed by atoms with Gasteiger partial charge in [-0.25, -0.2) is 0 Å². The summed E-state index contributed by atoms with van der Waals surface area (Å²) in [6, 6.07) is 5.83. The Balaban J connectivity index is 2.10. The first-order valence-corrected chi connectivity index (χ1v) is 8.09. The van der Waals surface area contributed by atoms with Gasteiger partial charge in [-0.3, -0.25) is 4.21 Å². The lowest BCUT2D eigenvalue weighted by atomic mass is 9.87. The summed E-state index contributed by atoms with van der Waals surface area (Å²) in [5.41, 5.74) is 7.77. The van der Waals surface area contributed by atoms with Crippen LogP contribution in [-0.4, -0.2) is 9.46 Å². The molecule has 0 radical (unpaired) electrons. The molecule has 3 heteroatoms. The van der Waals surface area contributed by atoms with Gasteiger partial charge in [0.2, 0.25) is 0 Å². The fourth-order valence-corrected chi connectivity index (χ4v) is 4.41. The smallest absolute Gasteiger partial charge is 0.0622 e. The molecule has 18 heavy (non-hydrogen) atoms. The molecule has 0 amide bonds. The Morgan fingerprint density at radius 3 is 2.56 bits per heavy atom. The predicted octanol–water partition coefficient (Wildman–Crippen LogP) is 3.65. The Labute approximate surface area is 112 Å². The molecule has 1 aliphatic rings. The number of aryl methyl sites for hydroxylation is 1. The largest absolute Gasteiger partial charge is 0.398 e. The van der Waals surface area contributed by atoms with Gasteiger partial charge < -0.3 is 5.73 Å². The van der Waals surface area contributed by atoms with Crippen molar-refractivity contribution in [1.29, 1.82) is 0 Å². The van der Waals surface area contributed by atoms with E-state index in [0.717, 1.165) is 29.2 Å². The van der Waals surface area contributed by atoms with Crippen LogP contribution in [0.1, 0.15) is 44.6 Å². The lowest BCUT2D eigenvalue weighted by Gasteiger charge is -2.27. The van der Waals surface area contributed by atoms with E-state index in [4.69, 9.17) is 5.73 Å². The highest BCUT2D eigenvalue weighted by atomic mass is 32.2. The van der Waals surface area contributed by atoms with Crippen LogP contribution in [0.3, 0.4) is 0 Å². The first-order chi connectivity index (χ1) is 8.61. The van der Waals surface area contributed by atoms with Gasteiger partial charge in [0, 0.05) is 10.9 Å². The lowest BCUT2D eigenvalue weighted by Crippen LogP contribution is -2.23. The number of nitrogen functional groups attached to an aromatic ring is 1. The standard InChI is InChI=1S/C15H23NOS/c1-3-12-5-7-13(8-6-12)18(17)15-10-11(2)4-9-14(15)16/h4,9-10,12-13H,3,5-8,16H2,1-2H3. The van der Waals surface area contributed by atoms with Gasteiger partial charge in [-0.1, -0.05) is 19.4 Å². The first-order valence-electron chi connectivity index (χ1n) is 6.88. The third-order valence-corrected chi connectivity index (χ3v) is 5.92. The zero-order valence-corrected chi connectivity index (χ0v) is 12.1. The molecular formula is C15H23NOS. The second-order valence-electron chi connectivity index (χ2n) is 5.39. The molecule has 2 N–H and O–H groups in total. The van der Waals surface area contributed by atoms with Crippen molar-refractivity contribution >= 4 is 16.5 Å². The van der Waals surface area contributed by atoms with Gasteiger partial charge in [0.05, 0.1) is 15.7 Å². The second kappa shape index (κ2) is 5.87. The van der Waals surface area contributed by atoms with Crippen molar-refractivity contribution in [3.8, 4) is 0 Å². The Kier molecular flexibility index (Phi) is 4.44. The number of anilines is 1. The number of benzene rings is 1. The van der Waals surface area contributed by atoms with E-state index in [1.165, 1.54) is 19.3 Å². The van der Waals surface area contributed by atoms with Gasteiger partial charge in [-0.2, -0.15) is 0 Å². The van der Waals surface area contributed by atoms with Gasteiger partial charge >= 0.3 is 0 Å².